The Balaban J connectivity index is 1.67. The Bertz CT molecular complexity index is 1040. The molecule has 180 valence electrons. The maximum atomic E-state index is 12.8. The van der Waals surface area contributed by atoms with Gasteiger partial charge in [0.25, 0.3) is 0 Å². The third kappa shape index (κ3) is 5.84. The number of hydrogen-bond acceptors (Lipinski definition) is 4. The number of fused-ring (bicyclic) bond motifs is 3. The molecule has 2 amide bonds. The number of aliphatic carboxylic acids is 1. The van der Waals surface area contributed by atoms with E-state index >= 15 is 0 Å². The summed E-state index contributed by atoms with van der Waals surface area (Å²) in [4.78, 5) is 36.7. The molecule has 2 aromatic rings. The maximum absolute atomic E-state index is 12.8. The summed E-state index contributed by atoms with van der Waals surface area (Å²) < 4.78 is 5.57. The Hall–Kier alpha value is -3.61. The van der Waals surface area contributed by atoms with E-state index in [-0.39, 0.29) is 18.9 Å². The first kappa shape index (κ1) is 25.0. The van der Waals surface area contributed by atoms with Crippen LogP contribution in [0.15, 0.2) is 60.2 Å². The third-order valence-corrected chi connectivity index (χ3v) is 6.22. The van der Waals surface area contributed by atoms with Crippen LogP contribution in [-0.4, -0.2) is 41.8 Å². The highest BCUT2D eigenvalue weighted by Gasteiger charge is 2.30. The molecular weight excluding hydrogens is 432 g/mol. The van der Waals surface area contributed by atoms with E-state index in [2.05, 4.69) is 22.8 Å². The molecule has 3 rings (SSSR count). The zero-order valence-electron chi connectivity index (χ0n) is 20.0. The van der Waals surface area contributed by atoms with Gasteiger partial charge < -0.3 is 20.5 Å². The number of carbonyl (C=O) groups excluding carboxylic acids is 2. The van der Waals surface area contributed by atoms with Gasteiger partial charge in [0.1, 0.15) is 12.6 Å². The molecule has 3 atom stereocenters. The Morgan fingerprint density at radius 3 is 2.06 bits per heavy atom. The highest BCUT2D eigenvalue weighted by Crippen LogP contribution is 2.44. The van der Waals surface area contributed by atoms with Crippen LogP contribution in [0, 0.1) is 5.92 Å². The quantitative estimate of drug-likeness (QED) is 0.475. The van der Waals surface area contributed by atoms with Crippen molar-refractivity contribution in [2.24, 2.45) is 5.92 Å². The summed E-state index contributed by atoms with van der Waals surface area (Å²) in [5.41, 5.74) is 5.47. The van der Waals surface area contributed by atoms with E-state index in [9.17, 15) is 19.5 Å². The number of rotatable bonds is 9. The lowest BCUT2D eigenvalue weighted by molar-refractivity contribution is -0.142. The summed E-state index contributed by atoms with van der Waals surface area (Å²) in [5.74, 6) is -2.30. The normalized spacial score (nSPS) is 14.7. The monoisotopic (exact) mass is 464 g/mol. The second kappa shape index (κ2) is 11.0. The van der Waals surface area contributed by atoms with Crippen molar-refractivity contribution < 1.29 is 24.2 Å². The fourth-order valence-electron chi connectivity index (χ4n) is 4.03. The van der Waals surface area contributed by atoms with Crippen LogP contribution < -0.4 is 10.6 Å². The van der Waals surface area contributed by atoms with Crippen molar-refractivity contribution in [3.63, 3.8) is 0 Å². The van der Waals surface area contributed by atoms with Gasteiger partial charge in [-0.05, 0) is 56.4 Å². The van der Waals surface area contributed by atoms with Crippen molar-refractivity contribution >= 4 is 18.0 Å². The summed E-state index contributed by atoms with van der Waals surface area (Å²) >= 11 is 0. The minimum atomic E-state index is -1.00. The number of nitrogens with one attached hydrogen (secondary N) is 2. The van der Waals surface area contributed by atoms with Crippen LogP contribution in [0.2, 0.25) is 0 Å². The summed E-state index contributed by atoms with van der Waals surface area (Å²) in [7, 11) is 0. The van der Waals surface area contributed by atoms with Gasteiger partial charge in [0.05, 0.1) is 5.92 Å². The van der Waals surface area contributed by atoms with Gasteiger partial charge in [-0.1, -0.05) is 60.2 Å². The lowest BCUT2D eigenvalue weighted by atomic mass is 9.98. The molecule has 3 unspecified atom stereocenters. The second-order valence-corrected chi connectivity index (χ2v) is 8.96. The highest BCUT2D eigenvalue weighted by atomic mass is 16.5. The summed E-state index contributed by atoms with van der Waals surface area (Å²) in [6, 6.07) is 14.6. The van der Waals surface area contributed by atoms with Crippen LogP contribution in [0.25, 0.3) is 11.1 Å². The molecular formula is C27H32N2O5. The van der Waals surface area contributed by atoms with Crippen molar-refractivity contribution in [3.05, 3.63) is 71.3 Å². The Morgan fingerprint density at radius 1 is 0.971 bits per heavy atom. The average molecular weight is 465 g/mol. The van der Waals surface area contributed by atoms with Gasteiger partial charge in [-0.25, -0.2) is 4.79 Å². The van der Waals surface area contributed by atoms with Gasteiger partial charge in [0, 0.05) is 12.0 Å². The molecule has 34 heavy (non-hydrogen) atoms. The van der Waals surface area contributed by atoms with Crippen LogP contribution in [-0.2, 0) is 14.3 Å². The number of amides is 2. The zero-order valence-corrected chi connectivity index (χ0v) is 20.0. The van der Waals surface area contributed by atoms with Gasteiger partial charge in [0.15, 0.2) is 0 Å². The van der Waals surface area contributed by atoms with E-state index in [0.717, 1.165) is 27.8 Å². The molecule has 0 aliphatic heterocycles. The molecule has 0 fully saturated rings. The molecule has 1 aliphatic rings. The van der Waals surface area contributed by atoms with Crippen molar-refractivity contribution in [3.8, 4) is 11.1 Å². The molecule has 0 saturated carbocycles. The molecule has 0 bridgehead atoms. The summed E-state index contributed by atoms with van der Waals surface area (Å²) in [6.07, 6.45) is 1.43. The number of benzene rings is 2. The van der Waals surface area contributed by atoms with Crippen LogP contribution >= 0.6 is 0 Å². The molecule has 7 heteroatoms. The number of ether oxygens (including phenoxy) is 1. The van der Waals surface area contributed by atoms with Crippen molar-refractivity contribution in [2.45, 2.75) is 52.1 Å². The zero-order chi connectivity index (χ0) is 24.8. The lowest BCUT2D eigenvalue weighted by Crippen LogP contribution is -2.51. The highest BCUT2D eigenvalue weighted by molar-refractivity contribution is 5.86. The number of carbonyl (C=O) groups is 3. The molecule has 0 heterocycles. The first-order valence-corrected chi connectivity index (χ1v) is 11.5. The van der Waals surface area contributed by atoms with Gasteiger partial charge in [-0.15, -0.1) is 0 Å². The van der Waals surface area contributed by atoms with Crippen molar-refractivity contribution in [1.82, 2.24) is 10.6 Å². The summed E-state index contributed by atoms with van der Waals surface area (Å²) in [6.45, 7) is 7.09. The van der Waals surface area contributed by atoms with E-state index in [4.69, 9.17) is 4.74 Å². The van der Waals surface area contributed by atoms with E-state index in [1.807, 2.05) is 56.3 Å². The largest absolute Gasteiger partial charge is 0.481 e. The molecule has 7 nitrogen and oxygen atoms in total. The average Bonchev–Trinajstić information content (AvgIpc) is 3.13. The van der Waals surface area contributed by atoms with Crippen molar-refractivity contribution in [1.29, 1.82) is 0 Å². The first-order valence-electron chi connectivity index (χ1n) is 11.5. The van der Waals surface area contributed by atoms with Gasteiger partial charge in [0.2, 0.25) is 5.91 Å². The van der Waals surface area contributed by atoms with Gasteiger partial charge >= 0.3 is 12.1 Å². The molecule has 0 saturated heterocycles. The fourth-order valence-corrected chi connectivity index (χ4v) is 4.03. The van der Waals surface area contributed by atoms with E-state index in [0.29, 0.717) is 0 Å². The number of allylic oxidation sites excluding steroid dienone is 1. The molecule has 0 aromatic heterocycles. The molecule has 1 aliphatic carbocycles. The van der Waals surface area contributed by atoms with Crippen LogP contribution in [0.1, 0.15) is 51.2 Å². The summed E-state index contributed by atoms with van der Waals surface area (Å²) in [5, 5.41) is 14.5. The minimum Gasteiger partial charge on any atom is -0.481 e. The van der Waals surface area contributed by atoms with Gasteiger partial charge in [-0.2, -0.15) is 0 Å². The first-order chi connectivity index (χ1) is 16.2. The van der Waals surface area contributed by atoms with Crippen molar-refractivity contribution in [2.75, 3.05) is 6.61 Å². The minimum absolute atomic E-state index is 0.0837. The number of hydrogen-bond donors (Lipinski definition) is 3. The number of carboxylic acid groups (broad SMARTS) is 1. The fraction of sp³-hybridized carbons (Fsp3) is 0.370. The molecule has 2 aromatic carbocycles. The predicted octanol–water partition coefficient (Wildman–Crippen LogP) is 4.48. The van der Waals surface area contributed by atoms with Crippen LogP contribution in [0.3, 0.4) is 0 Å². The lowest BCUT2D eigenvalue weighted by Gasteiger charge is -2.23. The third-order valence-electron chi connectivity index (χ3n) is 6.22. The maximum Gasteiger partial charge on any atom is 0.407 e. The topological polar surface area (TPSA) is 105 Å². The van der Waals surface area contributed by atoms with Crippen LogP contribution in [0.4, 0.5) is 4.79 Å². The van der Waals surface area contributed by atoms with E-state index in [1.54, 1.807) is 6.92 Å². The Kier molecular flexibility index (Phi) is 8.10. The van der Waals surface area contributed by atoms with E-state index < -0.39 is 36.0 Å². The SMILES string of the molecule is CC(C)=CCC(NC(=O)OCC1c2ccccc2-c2ccccc21)C(=O)NC(C)C(C)C(=O)O. The predicted molar refractivity (Wildman–Crippen MR) is 130 cm³/mol. The standard InChI is InChI=1S/C27H32N2O5/c1-16(2)13-14-24(25(30)28-18(4)17(3)26(31)32)29-27(33)34-15-23-21-11-7-5-9-19(21)20-10-6-8-12-22(20)23/h5-13,17-18,23-24H,14-15H2,1-4H3,(H,28,30)(H,29,33)(H,31,32). The van der Waals surface area contributed by atoms with Crippen LogP contribution in [0.5, 0.6) is 0 Å². The Labute approximate surface area is 200 Å². The number of alkyl carbamates (subject to hydrolysis) is 1. The second-order valence-electron chi connectivity index (χ2n) is 8.96. The van der Waals surface area contributed by atoms with Gasteiger partial charge in [-0.3, -0.25) is 9.59 Å². The smallest absolute Gasteiger partial charge is 0.407 e. The molecule has 3 N–H and O–H groups in total. The molecule has 0 radical (unpaired) electrons. The number of carboxylic acids is 1. The molecule has 0 spiro atoms. The Morgan fingerprint density at radius 2 is 1.53 bits per heavy atom. The van der Waals surface area contributed by atoms with E-state index in [1.165, 1.54) is 6.92 Å².